The highest BCUT2D eigenvalue weighted by atomic mass is 32.1. The third kappa shape index (κ3) is 4.26. The molecule has 1 amide bonds. The molecule has 4 rings (SSSR count). The van der Waals surface area contributed by atoms with Crippen molar-refractivity contribution in [1.82, 2.24) is 9.88 Å². The van der Waals surface area contributed by atoms with Gasteiger partial charge in [0.05, 0.1) is 23.7 Å². The molecule has 0 radical (unpaired) electrons. The molecule has 1 N–H and O–H groups in total. The number of benzene rings is 2. The monoisotopic (exact) mass is 396 g/mol. The number of likely N-dealkylation sites (N-methyl/N-ethyl adjacent to an activating group) is 1. The highest BCUT2D eigenvalue weighted by molar-refractivity contribution is 7.22. The number of aromatic nitrogens is 1. The third-order valence-electron chi connectivity index (χ3n) is 4.96. The third-order valence-corrected chi connectivity index (χ3v) is 6.04. The normalized spacial score (nSPS) is 15.0. The van der Waals surface area contributed by atoms with Gasteiger partial charge in [-0.05, 0) is 42.9 Å². The number of piperazine rings is 1. The Balaban J connectivity index is 1.43. The van der Waals surface area contributed by atoms with E-state index in [4.69, 9.17) is 9.72 Å². The average Bonchev–Trinajstić information content (AvgIpc) is 3.12. The van der Waals surface area contributed by atoms with E-state index in [1.807, 2.05) is 42.5 Å². The van der Waals surface area contributed by atoms with Crippen molar-refractivity contribution >= 4 is 38.3 Å². The summed E-state index contributed by atoms with van der Waals surface area (Å²) in [6, 6.07) is 13.5. The zero-order valence-electron chi connectivity index (χ0n) is 16.1. The predicted molar refractivity (Wildman–Crippen MR) is 115 cm³/mol. The fraction of sp³-hybridized carbons (Fsp3) is 0.333. The van der Waals surface area contributed by atoms with Crippen molar-refractivity contribution in [2.75, 3.05) is 50.6 Å². The molecule has 6 nitrogen and oxygen atoms in total. The fourth-order valence-electron chi connectivity index (χ4n) is 3.26. The van der Waals surface area contributed by atoms with E-state index in [1.165, 1.54) is 0 Å². The first-order chi connectivity index (χ1) is 13.6. The van der Waals surface area contributed by atoms with Gasteiger partial charge in [-0.25, -0.2) is 4.98 Å². The van der Waals surface area contributed by atoms with Gasteiger partial charge in [0.25, 0.3) is 0 Å². The van der Waals surface area contributed by atoms with Crippen LogP contribution in [0.15, 0.2) is 42.5 Å². The number of amides is 1. The van der Waals surface area contributed by atoms with Crippen LogP contribution in [-0.2, 0) is 11.2 Å². The second kappa shape index (κ2) is 8.16. The SMILES string of the molecule is COc1ccc(CC(=O)Nc2ccc3nc(N4CCN(C)CC4)sc3c2)cc1. The largest absolute Gasteiger partial charge is 0.497 e. The van der Waals surface area contributed by atoms with E-state index in [-0.39, 0.29) is 5.91 Å². The van der Waals surface area contributed by atoms with Crippen molar-refractivity contribution in [2.45, 2.75) is 6.42 Å². The van der Waals surface area contributed by atoms with Gasteiger partial charge >= 0.3 is 0 Å². The van der Waals surface area contributed by atoms with Crippen LogP contribution in [-0.4, -0.2) is 56.1 Å². The summed E-state index contributed by atoms with van der Waals surface area (Å²) in [6.45, 7) is 4.12. The Kier molecular flexibility index (Phi) is 5.45. The molecule has 1 aromatic heterocycles. The number of nitrogens with zero attached hydrogens (tertiary/aromatic N) is 3. The summed E-state index contributed by atoms with van der Waals surface area (Å²) >= 11 is 1.69. The summed E-state index contributed by atoms with van der Waals surface area (Å²) in [7, 11) is 3.78. The molecule has 2 aromatic carbocycles. The Morgan fingerprint density at radius 2 is 1.89 bits per heavy atom. The number of fused-ring (bicyclic) bond motifs is 1. The van der Waals surface area contributed by atoms with E-state index in [2.05, 4.69) is 22.2 Å². The van der Waals surface area contributed by atoms with Crippen molar-refractivity contribution in [2.24, 2.45) is 0 Å². The van der Waals surface area contributed by atoms with Crippen LogP contribution in [0.2, 0.25) is 0 Å². The molecule has 2 heterocycles. The maximum Gasteiger partial charge on any atom is 0.228 e. The Hall–Kier alpha value is -2.64. The van der Waals surface area contributed by atoms with Crippen molar-refractivity contribution in [3.63, 3.8) is 0 Å². The highest BCUT2D eigenvalue weighted by Gasteiger charge is 2.17. The van der Waals surface area contributed by atoms with Crippen LogP contribution in [0, 0.1) is 0 Å². The number of rotatable bonds is 5. The Morgan fingerprint density at radius 3 is 2.61 bits per heavy atom. The summed E-state index contributed by atoms with van der Waals surface area (Å²) < 4.78 is 6.24. The lowest BCUT2D eigenvalue weighted by molar-refractivity contribution is -0.115. The number of carbonyl (C=O) groups excluding carboxylic acids is 1. The molecule has 1 aliphatic rings. The Bertz CT molecular complexity index is 962. The van der Waals surface area contributed by atoms with Crippen LogP contribution in [0.1, 0.15) is 5.56 Å². The molecule has 0 bridgehead atoms. The van der Waals surface area contributed by atoms with Crippen LogP contribution >= 0.6 is 11.3 Å². The molecular weight excluding hydrogens is 372 g/mol. The first-order valence-corrected chi connectivity index (χ1v) is 10.2. The van der Waals surface area contributed by atoms with E-state index in [1.54, 1.807) is 18.4 Å². The molecule has 0 saturated carbocycles. The van der Waals surface area contributed by atoms with Crippen LogP contribution in [0.4, 0.5) is 10.8 Å². The number of nitrogens with one attached hydrogen (secondary N) is 1. The van der Waals surface area contributed by atoms with Gasteiger partial charge < -0.3 is 19.9 Å². The summed E-state index contributed by atoms with van der Waals surface area (Å²) in [5, 5.41) is 4.05. The van der Waals surface area contributed by atoms with Crippen LogP contribution < -0.4 is 15.0 Å². The summed E-state index contributed by atoms with van der Waals surface area (Å²) in [5.41, 5.74) is 2.74. The van der Waals surface area contributed by atoms with E-state index < -0.39 is 0 Å². The van der Waals surface area contributed by atoms with Crippen LogP contribution in [0.3, 0.4) is 0 Å². The van der Waals surface area contributed by atoms with Crippen molar-refractivity contribution in [3.8, 4) is 5.75 Å². The lowest BCUT2D eigenvalue weighted by atomic mass is 10.1. The van der Waals surface area contributed by atoms with Crippen molar-refractivity contribution < 1.29 is 9.53 Å². The van der Waals surface area contributed by atoms with Crippen LogP contribution in [0.25, 0.3) is 10.2 Å². The van der Waals surface area contributed by atoms with Crippen LogP contribution in [0.5, 0.6) is 5.75 Å². The molecule has 1 fully saturated rings. The number of methoxy groups -OCH3 is 1. The molecule has 7 heteroatoms. The number of thiazole rings is 1. The van der Waals surface area contributed by atoms with E-state index in [0.29, 0.717) is 6.42 Å². The second-order valence-electron chi connectivity index (χ2n) is 7.04. The number of hydrogen-bond acceptors (Lipinski definition) is 6. The lowest BCUT2D eigenvalue weighted by Crippen LogP contribution is -2.44. The Labute approximate surface area is 168 Å². The molecular formula is C21H24N4O2S. The minimum Gasteiger partial charge on any atom is -0.497 e. The van der Waals surface area contributed by atoms with Gasteiger partial charge in [-0.2, -0.15) is 0 Å². The standard InChI is InChI=1S/C21H24N4O2S/c1-24-9-11-25(12-10-24)21-23-18-8-5-16(14-19(18)28-21)22-20(26)13-15-3-6-17(27-2)7-4-15/h3-8,14H,9-13H2,1-2H3,(H,22,26). The second-order valence-corrected chi connectivity index (χ2v) is 8.05. The van der Waals surface area contributed by atoms with Gasteiger partial charge in [-0.3, -0.25) is 4.79 Å². The first-order valence-electron chi connectivity index (χ1n) is 9.37. The summed E-state index contributed by atoms with van der Waals surface area (Å²) in [5.74, 6) is 0.754. The molecule has 146 valence electrons. The van der Waals surface area contributed by atoms with E-state index in [0.717, 1.165) is 58.5 Å². The molecule has 28 heavy (non-hydrogen) atoms. The summed E-state index contributed by atoms with van der Waals surface area (Å²) in [6.07, 6.45) is 0.331. The molecule has 1 saturated heterocycles. The fourth-order valence-corrected chi connectivity index (χ4v) is 4.31. The smallest absolute Gasteiger partial charge is 0.228 e. The minimum absolute atomic E-state index is 0.0340. The average molecular weight is 397 g/mol. The van der Waals surface area contributed by atoms with Gasteiger partial charge in [0.1, 0.15) is 5.75 Å². The molecule has 0 spiro atoms. The number of carbonyl (C=O) groups is 1. The minimum atomic E-state index is -0.0340. The quantitative estimate of drug-likeness (QED) is 0.718. The van der Waals surface area contributed by atoms with Gasteiger partial charge in [0.15, 0.2) is 5.13 Å². The topological polar surface area (TPSA) is 57.7 Å². The Morgan fingerprint density at radius 1 is 1.14 bits per heavy atom. The maximum atomic E-state index is 12.4. The van der Waals surface area contributed by atoms with Crippen molar-refractivity contribution in [1.29, 1.82) is 0 Å². The summed E-state index contributed by atoms with van der Waals surface area (Å²) in [4.78, 5) is 21.8. The van der Waals surface area contributed by atoms with Gasteiger partial charge in [-0.1, -0.05) is 23.5 Å². The highest BCUT2D eigenvalue weighted by Crippen LogP contribution is 2.31. The van der Waals surface area contributed by atoms with Gasteiger partial charge in [0.2, 0.25) is 5.91 Å². The zero-order valence-corrected chi connectivity index (χ0v) is 17.0. The van der Waals surface area contributed by atoms with Crippen molar-refractivity contribution in [3.05, 3.63) is 48.0 Å². The molecule has 0 unspecified atom stereocenters. The first kappa shape index (κ1) is 18.7. The maximum absolute atomic E-state index is 12.4. The molecule has 0 aliphatic carbocycles. The van der Waals surface area contributed by atoms with Gasteiger partial charge in [0, 0.05) is 31.9 Å². The van der Waals surface area contributed by atoms with E-state index >= 15 is 0 Å². The lowest BCUT2D eigenvalue weighted by Gasteiger charge is -2.31. The molecule has 0 atom stereocenters. The van der Waals surface area contributed by atoms with E-state index in [9.17, 15) is 4.79 Å². The zero-order chi connectivity index (χ0) is 19.5. The molecule has 1 aliphatic heterocycles. The van der Waals surface area contributed by atoms with Gasteiger partial charge in [-0.15, -0.1) is 0 Å². The predicted octanol–water partition coefficient (Wildman–Crippen LogP) is 3.24. The molecule has 3 aromatic rings. The number of hydrogen-bond donors (Lipinski definition) is 1. The number of ether oxygens (including phenoxy) is 1. The number of anilines is 2.